The maximum Gasteiger partial charge on any atom is 0.273 e. The number of benzene rings is 1. The minimum Gasteiger partial charge on any atom is -0.495 e. The van der Waals surface area contributed by atoms with Gasteiger partial charge in [-0.2, -0.15) is 5.10 Å². The topological polar surface area (TPSA) is 93.0 Å². The Bertz CT molecular complexity index is 522. The molecule has 0 atom stereocenters. The van der Waals surface area contributed by atoms with Crippen molar-refractivity contribution in [3.63, 3.8) is 0 Å². The molecule has 0 saturated carbocycles. The van der Waals surface area contributed by atoms with Gasteiger partial charge >= 0.3 is 0 Å². The van der Waals surface area contributed by atoms with Crippen LogP contribution in [0.5, 0.6) is 5.75 Å². The van der Waals surface area contributed by atoms with Gasteiger partial charge < -0.3 is 15.8 Å². The van der Waals surface area contributed by atoms with Crippen LogP contribution in [0.15, 0.2) is 30.5 Å². The average molecular weight is 232 g/mol. The molecule has 0 bridgehead atoms. The second-order valence-corrected chi connectivity index (χ2v) is 3.38. The molecule has 0 aliphatic heterocycles. The zero-order chi connectivity index (χ0) is 12.3. The normalized spacial score (nSPS) is 9.94. The molecular weight excluding hydrogens is 220 g/mol. The van der Waals surface area contributed by atoms with Crippen LogP contribution in [0.3, 0.4) is 0 Å². The molecule has 1 aromatic heterocycles. The highest BCUT2D eigenvalue weighted by Gasteiger charge is 2.08. The van der Waals surface area contributed by atoms with Crippen LogP contribution in [0, 0.1) is 0 Å². The number of aromatic amines is 1. The van der Waals surface area contributed by atoms with E-state index in [9.17, 15) is 4.79 Å². The van der Waals surface area contributed by atoms with E-state index < -0.39 is 0 Å². The zero-order valence-electron chi connectivity index (χ0n) is 9.23. The lowest BCUT2D eigenvalue weighted by Gasteiger charge is -2.08. The summed E-state index contributed by atoms with van der Waals surface area (Å²) < 4.78 is 5.06. The van der Waals surface area contributed by atoms with Gasteiger partial charge in [0.05, 0.1) is 12.8 Å². The molecule has 0 unspecified atom stereocenters. The number of nitrogens with two attached hydrogens (primary N) is 1. The Hall–Kier alpha value is -2.50. The van der Waals surface area contributed by atoms with E-state index in [4.69, 9.17) is 10.5 Å². The van der Waals surface area contributed by atoms with Crippen LogP contribution in [-0.4, -0.2) is 23.2 Å². The van der Waals surface area contributed by atoms with Crippen molar-refractivity contribution < 1.29 is 9.53 Å². The molecule has 0 radical (unpaired) electrons. The fourth-order valence-electron chi connectivity index (χ4n) is 1.37. The predicted molar refractivity (Wildman–Crippen MR) is 63.9 cm³/mol. The first-order chi connectivity index (χ1) is 8.20. The van der Waals surface area contributed by atoms with Crippen molar-refractivity contribution in [1.82, 2.24) is 10.2 Å². The minimum absolute atomic E-state index is 0.269. The van der Waals surface area contributed by atoms with E-state index in [0.29, 0.717) is 22.8 Å². The number of amides is 1. The van der Waals surface area contributed by atoms with Crippen LogP contribution >= 0.6 is 0 Å². The summed E-state index contributed by atoms with van der Waals surface area (Å²) >= 11 is 0. The van der Waals surface area contributed by atoms with Crippen molar-refractivity contribution in [2.24, 2.45) is 0 Å². The van der Waals surface area contributed by atoms with Gasteiger partial charge in [0.1, 0.15) is 11.4 Å². The third kappa shape index (κ3) is 2.36. The number of nitrogens with one attached hydrogen (secondary N) is 2. The maximum atomic E-state index is 11.7. The number of aromatic nitrogens is 2. The minimum atomic E-state index is -0.269. The van der Waals surface area contributed by atoms with Crippen molar-refractivity contribution >= 4 is 17.3 Å². The average Bonchev–Trinajstić information content (AvgIpc) is 2.85. The number of nitrogens with zero attached hydrogens (tertiary/aromatic N) is 1. The third-order valence-electron chi connectivity index (χ3n) is 2.24. The van der Waals surface area contributed by atoms with Gasteiger partial charge in [-0.15, -0.1) is 0 Å². The van der Waals surface area contributed by atoms with E-state index in [1.165, 1.54) is 13.3 Å². The highest BCUT2D eigenvalue weighted by Crippen LogP contribution is 2.25. The van der Waals surface area contributed by atoms with Crippen LogP contribution < -0.4 is 15.8 Å². The third-order valence-corrected chi connectivity index (χ3v) is 2.24. The molecule has 17 heavy (non-hydrogen) atoms. The molecule has 0 aliphatic carbocycles. The predicted octanol–water partition coefficient (Wildman–Crippen LogP) is 1.25. The molecule has 2 rings (SSSR count). The van der Waals surface area contributed by atoms with E-state index in [2.05, 4.69) is 15.5 Å². The number of anilines is 2. The molecule has 2 aromatic rings. The molecule has 6 heteroatoms. The largest absolute Gasteiger partial charge is 0.495 e. The molecule has 4 N–H and O–H groups in total. The van der Waals surface area contributed by atoms with Crippen molar-refractivity contribution in [2.75, 3.05) is 18.2 Å². The molecule has 1 heterocycles. The number of carbonyl (C=O) groups is 1. The second-order valence-electron chi connectivity index (χ2n) is 3.38. The lowest BCUT2D eigenvalue weighted by molar-refractivity contribution is 0.102. The molecule has 1 aromatic carbocycles. The summed E-state index contributed by atoms with van der Waals surface area (Å²) in [7, 11) is 1.52. The SMILES string of the molecule is COc1cc(NC(=O)c2ccn[nH]2)ccc1N. The van der Waals surface area contributed by atoms with Crippen molar-refractivity contribution in [2.45, 2.75) is 0 Å². The fraction of sp³-hybridized carbons (Fsp3) is 0.0909. The van der Waals surface area contributed by atoms with Crippen LogP contribution in [0.25, 0.3) is 0 Å². The maximum absolute atomic E-state index is 11.7. The van der Waals surface area contributed by atoms with Crippen LogP contribution in [0.4, 0.5) is 11.4 Å². The van der Waals surface area contributed by atoms with Crippen molar-refractivity contribution in [3.8, 4) is 5.75 Å². The first-order valence-electron chi connectivity index (χ1n) is 4.95. The van der Waals surface area contributed by atoms with Gasteiger partial charge in [-0.25, -0.2) is 0 Å². The highest BCUT2D eigenvalue weighted by atomic mass is 16.5. The van der Waals surface area contributed by atoms with Gasteiger partial charge in [0.2, 0.25) is 0 Å². The van der Waals surface area contributed by atoms with Crippen molar-refractivity contribution in [1.29, 1.82) is 0 Å². The standard InChI is InChI=1S/C11H12N4O2/c1-17-10-6-7(2-3-8(10)12)14-11(16)9-4-5-13-15-9/h2-6H,12H2,1H3,(H,13,15)(H,14,16). The smallest absolute Gasteiger partial charge is 0.273 e. The first-order valence-corrected chi connectivity index (χ1v) is 4.95. The van der Waals surface area contributed by atoms with E-state index in [1.807, 2.05) is 0 Å². The molecule has 1 amide bonds. The molecular formula is C11H12N4O2. The Morgan fingerprint density at radius 1 is 1.47 bits per heavy atom. The van der Waals surface area contributed by atoms with E-state index >= 15 is 0 Å². The van der Waals surface area contributed by atoms with E-state index in [-0.39, 0.29) is 5.91 Å². The van der Waals surface area contributed by atoms with Gasteiger partial charge in [-0.05, 0) is 18.2 Å². The Morgan fingerprint density at radius 2 is 2.29 bits per heavy atom. The fourth-order valence-corrected chi connectivity index (χ4v) is 1.37. The van der Waals surface area contributed by atoms with Gasteiger partial charge in [0.25, 0.3) is 5.91 Å². The summed E-state index contributed by atoms with van der Waals surface area (Å²) in [5.74, 6) is 0.252. The first kappa shape index (κ1) is 11.0. The summed E-state index contributed by atoms with van der Waals surface area (Å²) in [6.07, 6.45) is 1.51. The summed E-state index contributed by atoms with van der Waals surface area (Å²) in [6, 6.07) is 6.61. The number of methoxy groups -OCH3 is 1. The molecule has 0 fully saturated rings. The lowest BCUT2D eigenvalue weighted by Crippen LogP contribution is -2.12. The highest BCUT2D eigenvalue weighted by molar-refractivity contribution is 6.03. The number of carbonyl (C=O) groups excluding carboxylic acids is 1. The number of hydrogen-bond acceptors (Lipinski definition) is 4. The Kier molecular flexibility index (Phi) is 2.95. The molecule has 0 aliphatic rings. The van der Waals surface area contributed by atoms with Crippen LogP contribution in [0.2, 0.25) is 0 Å². The number of rotatable bonds is 3. The summed E-state index contributed by atoms with van der Waals surface area (Å²) in [6.45, 7) is 0. The van der Waals surface area contributed by atoms with Crippen LogP contribution in [0.1, 0.15) is 10.5 Å². The number of ether oxygens (including phenoxy) is 1. The quantitative estimate of drug-likeness (QED) is 0.694. The Balaban J connectivity index is 2.16. The zero-order valence-corrected chi connectivity index (χ0v) is 9.23. The van der Waals surface area contributed by atoms with Crippen molar-refractivity contribution in [3.05, 3.63) is 36.2 Å². The summed E-state index contributed by atoms with van der Waals surface area (Å²) in [4.78, 5) is 11.7. The number of H-pyrrole nitrogens is 1. The molecule has 0 saturated heterocycles. The van der Waals surface area contributed by atoms with Gasteiger partial charge in [-0.1, -0.05) is 0 Å². The van der Waals surface area contributed by atoms with Crippen LogP contribution in [-0.2, 0) is 0 Å². The van der Waals surface area contributed by atoms with E-state index in [0.717, 1.165) is 0 Å². The van der Waals surface area contributed by atoms with Gasteiger partial charge in [-0.3, -0.25) is 9.89 Å². The molecule has 6 nitrogen and oxygen atoms in total. The summed E-state index contributed by atoms with van der Waals surface area (Å²) in [5, 5.41) is 8.98. The van der Waals surface area contributed by atoms with E-state index in [1.54, 1.807) is 24.3 Å². The Morgan fingerprint density at radius 3 is 2.94 bits per heavy atom. The van der Waals surface area contributed by atoms with Gasteiger partial charge in [0.15, 0.2) is 0 Å². The number of nitrogen functional groups attached to an aromatic ring is 1. The lowest BCUT2D eigenvalue weighted by atomic mass is 10.2. The molecule has 88 valence electrons. The van der Waals surface area contributed by atoms with Gasteiger partial charge in [0, 0.05) is 18.0 Å². The monoisotopic (exact) mass is 232 g/mol. The Labute approximate surface area is 97.8 Å². The molecule has 0 spiro atoms. The summed E-state index contributed by atoms with van der Waals surface area (Å²) in [5.41, 5.74) is 7.19. The number of hydrogen-bond donors (Lipinski definition) is 3. The second kappa shape index (κ2) is 4.56.